The van der Waals surface area contributed by atoms with E-state index < -0.39 is 10.0 Å². The Morgan fingerprint density at radius 2 is 1.64 bits per heavy atom. The fraction of sp³-hybridized carbons (Fsp3) is 0.350. The first-order valence-electron chi connectivity index (χ1n) is 9.18. The maximum atomic E-state index is 12.7. The number of nitrogens with one attached hydrogen (secondary N) is 2. The molecule has 0 heterocycles. The number of sulfonamides is 1. The van der Waals surface area contributed by atoms with Crippen LogP contribution in [0.5, 0.6) is 0 Å². The number of hydrogen-bond acceptors (Lipinski definition) is 4. The molecule has 2 aromatic carbocycles. The Labute approximate surface area is 171 Å². The van der Waals surface area contributed by atoms with Crippen LogP contribution in [0.25, 0.3) is 0 Å². The topological polar surface area (TPSA) is 101 Å². The van der Waals surface area contributed by atoms with Crippen LogP contribution in [-0.2, 0) is 14.8 Å². The second kappa shape index (κ2) is 8.11. The van der Waals surface area contributed by atoms with Crippen molar-refractivity contribution in [1.82, 2.24) is 0 Å². The van der Waals surface area contributed by atoms with Gasteiger partial charge in [-0.1, -0.05) is 24.3 Å². The van der Waals surface area contributed by atoms with Crippen molar-refractivity contribution in [1.29, 1.82) is 0 Å². The van der Waals surface area contributed by atoms with Gasteiger partial charge in [-0.2, -0.15) is 0 Å². The molecule has 150 valence electrons. The molecule has 0 spiro atoms. The first kappa shape index (κ1) is 20.6. The maximum Gasteiger partial charge on any atom is 0.261 e. The van der Waals surface area contributed by atoms with Crippen molar-refractivity contribution in [2.24, 2.45) is 23.5 Å². The Hall–Kier alpha value is -2.09. The highest BCUT2D eigenvalue weighted by molar-refractivity contribution is 7.92. The van der Waals surface area contributed by atoms with E-state index in [0.717, 1.165) is 19.3 Å². The second-order valence-corrected chi connectivity index (χ2v) is 9.11. The van der Waals surface area contributed by atoms with E-state index in [0.29, 0.717) is 23.2 Å². The zero-order chi connectivity index (χ0) is 19.0. The minimum Gasteiger partial charge on any atom is -0.327 e. The fourth-order valence-corrected chi connectivity index (χ4v) is 5.52. The smallest absolute Gasteiger partial charge is 0.261 e. The molecule has 4 atom stereocenters. The first-order chi connectivity index (χ1) is 12.9. The summed E-state index contributed by atoms with van der Waals surface area (Å²) in [4.78, 5) is 12.8. The van der Waals surface area contributed by atoms with Crippen molar-refractivity contribution in [2.45, 2.75) is 30.2 Å². The van der Waals surface area contributed by atoms with Crippen molar-refractivity contribution < 1.29 is 13.2 Å². The first-order valence-corrected chi connectivity index (χ1v) is 10.7. The van der Waals surface area contributed by atoms with Gasteiger partial charge < -0.3 is 11.1 Å². The SMILES string of the molecule is Cl.NC1C2CCC(C2)C1C(=O)Nc1cccc(S(=O)(=O)Nc2ccccc2)c1. The van der Waals surface area contributed by atoms with Crippen LogP contribution in [0, 0.1) is 17.8 Å². The quantitative estimate of drug-likeness (QED) is 0.689. The van der Waals surface area contributed by atoms with Crippen molar-refractivity contribution in [3.63, 3.8) is 0 Å². The van der Waals surface area contributed by atoms with Crippen molar-refractivity contribution >= 4 is 39.7 Å². The van der Waals surface area contributed by atoms with Gasteiger partial charge in [0, 0.05) is 17.4 Å². The van der Waals surface area contributed by atoms with Gasteiger partial charge in [0.15, 0.2) is 0 Å². The molecule has 2 aliphatic carbocycles. The summed E-state index contributed by atoms with van der Waals surface area (Å²) in [7, 11) is -3.74. The van der Waals surface area contributed by atoms with Crippen LogP contribution < -0.4 is 15.8 Å². The van der Waals surface area contributed by atoms with E-state index in [4.69, 9.17) is 5.73 Å². The Balaban J connectivity index is 0.00000225. The summed E-state index contributed by atoms with van der Waals surface area (Å²) in [6, 6.07) is 14.9. The predicted molar refractivity (Wildman–Crippen MR) is 112 cm³/mol. The van der Waals surface area contributed by atoms with Gasteiger partial charge in [-0.15, -0.1) is 12.4 Å². The highest BCUT2D eigenvalue weighted by Gasteiger charge is 2.49. The highest BCUT2D eigenvalue weighted by Crippen LogP contribution is 2.47. The van der Waals surface area contributed by atoms with Crippen LogP contribution in [-0.4, -0.2) is 20.4 Å². The van der Waals surface area contributed by atoms with Gasteiger partial charge in [-0.25, -0.2) is 8.42 Å². The lowest BCUT2D eigenvalue weighted by Crippen LogP contribution is -2.42. The molecule has 4 rings (SSSR count). The molecule has 1 amide bonds. The number of fused-ring (bicyclic) bond motifs is 2. The Morgan fingerprint density at radius 1 is 0.964 bits per heavy atom. The summed E-state index contributed by atoms with van der Waals surface area (Å²) in [6.07, 6.45) is 3.18. The average Bonchev–Trinajstić information content (AvgIpc) is 3.23. The molecule has 4 N–H and O–H groups in total. The van der Waals surface area contributed by atoms with Gasteiger partial charge in [0.25, 0.3) is 10.0 Å². The third-order valence-corrected chi connectivity index (χ3v) is 7.10. The number of anilines is 2. The monoisotopic (exact) mass is 421 g/mol. The molecule has 2 fully saturated rings. The Bertz CT molecular complexity index is 950. The van der Waals surface area contributed by atoms with Crippen LogP contribution in [0.15, 0.2) is 59.5 Å². The largest absolute Gasteiger partial charge is 0.327 e. The zero-order valence-electron chi connectivity index (χ0n) is 15.2. The number of carbonyl (C=O) groups excluding carboxylic acids is 1. The molecule has 2 bridgehead atoms. The number of hydrogen-bond donors (Lipinski definition) is 3. The minimum atomic E-state index is -3.74. The molecular weight excluding hydrogens is 398 g/mol. The summed E-state index contributed by atoms with van der Waals surface area (Å²) in [5.41, 5.74) is 7.19. The number of rotatable bonds is 5. The molecule has 2 saturated carbocycles. The summed E-state index contributed by atoms with van der Waals surface area (Å²) in [5.74, 6) is 0.482. The van der Waals surface area contributed by atoms with Gasteiger partial charge in [0.2, 0.25) is 5.91 Å². The Kier molecular flexibility index (Phi) is 5.98. The van der Waals surface area contributed by atoms with E-state index >= 15 is 0 Å². The van der Waals surface area contributed by atoms with Crippen LogP contribution >= 0.6 is 12.4 Å². The van der Waals surface area contributed by atoms with Gasteiger partial charge in [0.05, 0.1) is 10.8 Å². The number of benzene rings is 2. The molecular formula is C20H24ClN3O3S. The van der Waals surface area contributed by atoms with Gasteiger partial charge >= 0.3 is 0 Å². The number of carbonyl (C=O) groups is 1. The molecule has 4 unspecified atom stereocenters. The Morgan fingerprint density at radius 3 is 2.32 bits per heavy atom. The van der Waals surface area contributed by atoms with E-state index in [2.05, 4.69) is 10.0 Å². The molecule has 2 aromatic rings. The summed E-state index contributed by atoms with van der Waals surface area (Å²) in [5, 5.41) is 2.86. The minimum absolute atomic E-state index is 0. The molecule has 0 aromatic heterocycles. The number of amides is 1. The number of para-hydroxylation sites is 1. The van der Waals surface area contributed by atoms with E-state index in [-0.39, 0.29) is 35.2 Å². The van der Waals surface area contributed by atoms with E-state index in [1.165, 1.54) is 12.1 Å². The molecule has 0 saturated heterocycles. The van der Waals surface area contributed by atoms with Gasteiger partial charge in [0.1, 0.15) is 0 Å². The third-order valence-electron chi connectivity index (χ3n) is 5.72. The molecule has 6 nitrogen and oxygen atoms in total. The fourth-order valence-electron chi connectivity index (χ4n) is 4.41. The van der Waals surface area contributed by atoms with Gasteiger partial charge in [-0.05, 0) is 61.4 Å². The normalized spacial score (nSPS) is 25.8. The zero-order valence-corrected chi connectivity index (χ0v) is 16.9. The number of halogens is 1. The van der Waals surface area contributed by atoms with Crippen LogP contribution in [0.1, 0.15) is 19.3 Å². The average molecular weight is 422 g/mol. The molecule has 0 aliphatic heterocycles. The van der Waals surface area contributed by atoms with Crippen LogP contribution in [0.3, 0.4) is 0 Å². The lowest BCUT2D eigenvalue weighted by Gasteiger charge is -2.27. The lowest BCUT2D eigenvalue weighted by molar-refractivity contribution is -0.121. The van der Waals surface area contributed by atoms with Crippen molar-refractivity contribution in [3.05, 3.63) is 54.6 Å². The summed E-state index contributed by atoms with van der Waals surface area (Å²) in [6.45, 7) is 0. The number of nitrogens with two attached hydrogens (primary N) is 1. The van der Waals surface area contributed by atoms with Crippen LogP contribution in [0.2, 0.25) is 0 Å². The molecule has 8 heteroatoms. The lowest BCUT2D eigenvalue weighted by atomic mass is 9.84. The third kappa shape index (κ3) is 4.01. The maximum absolute atomic E-state index is 12.7. The highest BCUT2D eigenvalue weighted by atomic mass is 35.5. The standard InChI is InChI=1S/C20H23N3O3S.ClH/c21-19-14-10-9-13(11-14)18(19)20(24)22-16-7-4-8-17(12-16)27(25,26)23-15-5-2-1-3-6-15;/h1-8,12-14,18-19,23H,9-11,21H2,(H,22,24);1H. The van der Waals surface area contributed by atoms with Crippen molar-refractivity contribution in [2.75, 3.05) is 10.0 Å². The van der Waals surface area contributed by atoms with E-state index in [1.807, 2.05) is 6.07 Å². The summed E-state index contributed by atoms with van der Waals surface area (Å²) < 4.78 is 27.8. The van der Waals surface area contributed by atoms with Crippen molar-refractivity contribution in [3.8, 4) is 0 Å². The summed E-state index contributed by atoms with van der Waals surface area (Å²) >= 11 is 0. The second-order valence-electron chi connectivity index (χ2n) is 7.42. The molecule has 0 radical (unpaired) electrons. The van der Waals surface area contributed by atoms with Crippen LogP contribution in [0.4, 0.5) is 11.4 Å². The van der Waals surface area contributed by atoms with Gasteiger partial charge in [-0.3, -0.25) is 9.52 Å². The van der Waals surface area contributed by atoms with E-state index in [1.54, 1.807) is 36.4 Å². The molecule has 2 aliphatic rings. The predicted octanol–water partition coefficient (Wildman–Crippen LogP) is 3.22. The molecule has 28 heavy (non-hydrogen) atoms. The van der Waals surface area contributed by atoms with E-state index in [9.17, 15) is 13.2 Å².